The highest BCUT2D eigenvalue weighted by Gasteiger charge is 2.11. The van der Waals surface area contributed by atoms with Crippen molar-refractivity contribution in [3.8, 4) is 0 Å². The summed E-state index contributed by atoms with van der Waals surface area (Å²) in [7, 11) is 0. The maximum Gasteiger partial charge on any atom is 0.267 e. The molecule has 5 heteroatoms. The minimum absolute atomic E-state index is 0.0352. The summed E-state index contributed by atoms with van der Waals surface area (Å²) in [6.45, 7) is 1.97. The van der Waals surface area contributed by atoms with E-state index in [4.69, 9.17) is 11.6 Å². The van der Waals surface area contributed by atoms with Crippen LogP contribution in [0.25, 0.3) is 0 Å². The first-order valence-corrected chi connectivity index (χ1v) is 7.11. The number of nitrogens with one attached hydrogen (secondary N) is 2. The molecule has 0 aliphatic rings. The maximum atomic E-state index is 11.9. The SMILES string of the molecule is CC(Cc1cccc(Cl)c1)NC(=O)c1cc(Br)c[nH]1. The van der Waals surface area contributed by atoms with E-state index >= 15 is 0 Å². The van der Waals surface area contributed by atoms with Crippen molar-refractivity contribution in [3.05, 3.63) is 57.3 Å². The van der Waals surface area contributed by atoms with E-state index < -0.39 is 0 Å². The van der Waals surface area contributed by atoms with Crippen LogP contribution in [0.1, 0.15) is 23.0 Å². The van der Waals surface area contributed by atoms with Gasteiger partial charge in [-0.1, -0.05) is 23.7 Å². The molecule has 3 nitrogen and oxygen atoms in total. The summed E-state index contributed by atoms with van der Waals surface area (Å²) >= 11 is 9.24. The molecule has 1 atom stereocenters. The fourth-order valence-corrected chi connectivity index (χ4v) is 2.43. The number of halogens is 2. The first-order chi connectivity index (χ1) is 9.04. The van der Waals surface area contributed by atoms with Gasteiger partial charge in [-0.25, -0.2) is 0 Å². The average Bonchev–Trinajstić information content (AvgIpc) is 2.75. The van der Waals surface area contributed by atoms with E-state index in [-0.39, 0.29) is 11.9 Å². The Morgan fingerprint density at radius 1 is 1.47 bits per heavy atom. The zero-order valence-corrected chi connectivity index (χ0v) is 12.8. The van der Waals surface area contributed by atoms with E-state index in [0.29, 0.717) is 10.7 Å². The molecule has 2 aromatic rings. The van der Waals surface area contributed by atoms with Crippen LogP contribution >= 0.6 is 27.5 Å². The molecule has 1 amide bonds. The van der Waals surface area contributed by atoms with Crippen molar-refractivity contribution in [1.82, 2.24) is 10.3 Å². The van der Waals surface area contributed by atoms with Crippen molar-refractivity contribution in [1.29, 1.82) is 0 Å². The Morgan fingerprint density at radius 3 is 2.89 bits per heavy atom. The molecule has 1 unspecified atom stereocenters. The number of aromatic nitrogens is 1. The van der Waals surface area contributed by atoms with E-state index in [1.54, 1.807) is 12.3 Å². The molecule has 0 radical (unpaired) electrons. The lowest BCUT2D eigenvalue weighted by Gasteiger charge is -2.13. The van der Waals surface area contributed by atoms with Crippen LogP contribution in [-0.4, -0.2) is 16.9 Å². The molecule has 19 heavy (non-hydrogen) atoms. The predicted molar refractivity (Wildman–Crippen MR) is 80.6 cm³/mol. The Kier molecular flexibility index (Phi) is 4.66. The van der Waals surface area contributed by atoms with Gasteiger partial charge in [0.2, 0.25) is 0 Å². The molecule has 2 rings (SSSR count). The molecule has 2 N–H and O–H groups in total. The third-order valence-electron chi connectivity index (χ3n) is 2.70. The molecule has 0 spiro atoms. The third kappa shape index (κ3) is 4.11. The van der Waals surface area contributed by atoms with Gasteiger partial charge in [-0.3, -0.25) is 4.79 Å². The number of amides is 1. The fourth-order valence-electron chi connectivity index (χ4n) is 1.87. The molecule has 1 aromatic heterocycles. The Bertz CT molecular complexity index is 582. The largest absolute Gasteiger partial charge is 0.356 e. The Labute approximate surface area is 125 Å². The summed E-state index contributed by atoms with van der Waals surface area (Å²) in [5, 5.41) is 3.66. The van der Waals surface area contributed by atoms with E-state index in [2.05, 4.69) is 26.2 Å². The normalized spacial score (nSPS) is 12.2. The monoisotopic (exact) mass is 340 g/mol. The van der Waals surface area contributed by atoms with Gasteiger partial charge in [0.1, 0.15) is 5.69 Å². The highest BCUT2D eigenvalue weighted by molar-refractivity contribution is 9.10. The third-order valence-corrected chi connectivity index (χ3v) is 3.39. The van der Waals surface area contributed by atoms with Crippen LogP contribution < -0.4 is 5.32 Å². The van der Waals surface area contributed by atoms with Crippen molar-refractivity contribution >= 4 is 33.4 Å². The number of carbonyl (C=O) groups excluding carboxylic acids is 1. The first-order valence-electron chi connectivity index (χ1n) is 5.94. The van der Waals surface area contributed by atoms with E-state index in [9.17, 15) is 4.79 Å². The van der Waals surface area contributed by atoms with Gasteiger partial charge < -0.3 is 10.3 Å². The molecule has 1 aromatic carbocycles. The second kappa shape index (κ2) is 6.26. The maximum absolute atomic E-state index is 11.9. The van der Waals surface area contributed by atoms with Crippen molar-refractivity contribution in [3.63, 3.8) is 0 Å². The Morgan fingerprint density at radius 2 is 2.26 bits per heavy atom. The smallest absolute Gasteiger partial charge is 0.267 e. The molecule has 0 saturated carbocycles. The van der Waals surface area contributed by atoms with Crippen LogP contribution in [-0.2, 0) is 6.42 Å². The molecule has 0 aliphatic carbocycles. The quantitative estimate of drug-likeness (QED) is 0.873. The summed E-state index contributed by atoms with van der Waals surface area (Å²) in [5.41, 5.74) is 1.65. The van der Waals surface area contributed by atoms with Gasteiger partial charge in [-0.15, -0.1) is 0 Å². The second-order valence-corrected chi connectivity index (χ2v) is 5.79. The van der Waals surface area contributed by atoms with Crippen molar-refractivity contribution in [2.75, 3.05) is 0 Å². The van der Waals surface area contributed by atoms with Crippen molar-refractivity contribution in [2.45, 2.75) is 19.4 Å². The van der Waals surface area contributed by atoms with Gasteiger partial charge in [0.15, 0.2) is 0 Å². The molecular formula is C14H14BrClN2O. The van der Waals surface area contributed by atoms with Crippen LogP contribution in [0.15, 0.2) is 41.0 Å². The van der Waals surface area contributed by atoms with Gasteiger partial charge in [0.05, 0.1) is 0 Å². The fraction of sp³-hybridized carbons (Fsp3) is 0.214. The average molecular weight is 342 g/mol. The molecule has 0 fully saturated rings. The minimum Gasteiger partial charge on any atom is -0.356 e. The standard InChI is InChI=1S/C14H14BrClN2O/c1-9(5-10-3-2-4-12(16)6-10)18-14(19)13-7-11(15)8-17-13/h2-4,6-9,17H,5H2,1H3,(H,18,19). The van der Waals surface area contributed by atoms with Crippen molar-refractivity contribution in [2.24, 2.45) is 0 Å². The van der Waals surface area contributed by atoms with Crippen LogP contribution in [0.5, 0.6) is 0 Å². The number of carbonyl (C=O) groups is 1. The molecule has 0 saturated heterocycles. The van der Waals surface area contributed by atoms with Crippen molar-refractivity contribution < 1.29 is 4.79 Å². The topological polar surface area (TPSA) is 44.9 Å². The van der Waals surface area contributed by atoms with Gasteiger partial charge in [-0.2, -0.15) is 0 Å². The predicted octanol–water partition coefficient (Wildman–Crippen LogP) is 3.79. The number of H-pyrrole nitrogens is 1. The highest BCUT2D eigenvalue weighted by Crippen LogP contribution is 2.13. The minimum atomic E-state index is -0.111. The lowest BCUT2D eigenvalue weighted by molar-refractivity contribution is 0.0935. The number of hydrogen-bond acceptors (Lipinski definition) is 1. The molecule has 0 aliphatic heterocycles. The zero-order valence-electron chi connectivity index (χ0n) is 10.4. The van der Waals surface area contributed by atoms with Crippen LogP contribution in [0.2, 0.25) is 5.02 Å². The summed E-state index contributed by atoms with van der Waals surface area (Å²) < 4.78 is 0.861. The lowest BCUT2D eigenvalue weighted by atomic mass is 10.1. The van der Waals surface area contributed by atoms with Gasteiger partial charge in [0.25, 0.3) is 5.91 Å². The number of hydrogen-bond donors (Lipinski definition) is 2. The first kappa shape index (κ1) is 14.2. The summed E-state index contributed by atoms with van der Waals surface area (Å²) in [6.07, 6.45) is 2.48. The van der Waals surface area contributed by atoms with Gasteiger partial charge in [-0.05, 0) is 53.0 Å². The summed E-state index contributed by atoms with van der Waals surface area (Å²) in [4.78, 5) is 14.8. The van der Waals surface area contributed by atoms with E-state index in [1.165, 1.54) is 0 Å². The number of rotatable bonds is 4. The molecule has 0 bridgehead atoms. The summed E-state index contributed by atoms with van der Waals surface area (Å²) in [5.74, 6) is -0.111. The number of benzene rings is 1. The molecular weight excluding hydrogens is 328 g/mol. The Hall–Kier alpha value is -1.26. The van der Waals surface area contributed by atoms with Crippen LogP contribution in [0.4, 0.5) is 0 Å². The van der Waals surface area contributed by atoms with E-state index in [0.717, 1.165) is 16.5 Å². The van der Waals surface area contributed by atoms with E-state index in [1.807, 2.05) is 31.2 Å². The van der Waals surface area contributed by atoms with Crippen LogP contribution in [0.3, 0.4) is 0 Å². The van der Waals surface area contributed by atoms with Gasteiger partial charge in [0, 0.05) is 21.7 Å². The Balaban J connectivity index is 1.94. The highest BCUT2D eigenvalue weighted by atomic mass is 79.9. The second-order valence-electron chi connectivity index (χ2n) is 4.44. The lowest BCUT2D eigenvalue weighted by Crippen LogP contribution is -2.34. The van der Waals surface area contributed by atoms with Crippen LogP contribution in [0, 0.1) is 0 Å². The zero-order chi connectivity index (χ0) is 13.8. The van der Waals surface area contributed by atoms with Gasteiger partial charge >= 0.3 is 0 Å². The molecule has 100 valence electrons. The molecule has 1 heterocycles. The number of aromatic amines is 1. The summed E-state index contributed by atoms with van der Waals surface area (Å²) in [6, 6.07) is 9.45.